The number of carboxylic acids is 1. The largest absolute Gasteiger partial charge is 0.475 e. The van der Waals surface area contributed by atoms with E-state index in [1.54, 1.807) is 0 Å². The van der Waals surface area contributed by atoms with E-state index in [0.29, 0.717) is 5.76 Å². The third-order valence-electron chi connectivity index (χ3n) is 2.27. The van der Waals surface area contributed by atoms with E-state index < -0.39 is 17.8 Å². The minimum atomic E-state index is -4.54. The van der Waals surface area contributed by atoms with Crippen LogP contribution in [0.2, 0.25) is 0 Å². The zero-order valence-electron chi connectivity index (χ0n) is 9.81. The van der Waals surface area contributed by atoms with E-state index in [-0.39, 0.29) is 18.1 Å². The highest BCUT2D eigenvalue weighted by atomic mass is 19.4. The van der Waals surface area contributed by atoms with Crippen LogP contribution >= 0.6 is 0 Å². The van der Waals surface area contributed by atoms with E-state index in [0.717, 1.165) is 12.1 Å². The Hall–Kier alpha value is -2.58. The topological polar surface area (TPSA) is 88.2 Å². The van der Waals surface area contributed by atoms with Gasteiger partial charge in [-0.15, -0.1) is 10.2 Å². The Balaban J connectivity index is 1.98. The number of carbonyl (C=O) groups is 1. The molecule has 0 unspecified atom stereocenters. The van der Waals surface area contributed by atoms with Crippen molar-refractivity contribution in [1.29, 1.82) is 0 Å². The first-order valence-corrected chi connectivity index (χ1v) is 5.33. The van der Waals surface area contributed by atoms with Gasteiger partial charge in [-0.05, 0) is 24.3 Å². The molecule has 0 aliphatic rings. The Morgan fingerprint density at radius 1 is 1.25 bits per heavy atom. The molecule has 2 rings (SSSR count). The molecule has 0 saturated carbocycles. The molecule has 20 heavy (non-hydrogen) atoms. The Morgan fingerprint density at radius 3 is 2.50 bits per heavy atom. The molecule has 0 amide bonds. The number of nitrogens with zero attached hydrogens (tertiary/aromatic N) is 2. The van der Waals surface area contributed by atoms with E-state index >= 15 is 0 Å². The molecule has 0 fully saturated rings. The van der Waals surface area contributed by atoms with E-state index in [2.05, 4.69) is 15.5 Å². The van der Waals surface area contributed by atoms with Crippen LogP contribution in [-0.2, 0) is 12.7 Å². The number of rotatable bonds is 4. The number of nitrogens with one attached hydrogen (secondary N) is 1. The van der Waals surface area contributed by atoms with Gasteiger partial charge in [0.15, 0.2) is 5.69 Å². The van der Waals surface area contributed by atoms with Crippen LogP contribution < -0.4 is 5.32 Å². The van der Waals surface area contributed by atoms with Gasteiger partial charge in [0, 0.05) is 0 Å². The quantitative estimate of drug-likeness (QED) is 0.897. The van der Waals surface area contributed by atoms with Crippen molar-refractivity contribution in [3.8, 4) is 0 Å². The summed E-state index contributed by atoms with van der Waals surface area (Å²) in [4.78, 5) is 10.6. The van der Waals surface area contributed by atoms with Crippen molar-refractivity contribution < 1.29 is 27.5 Å². The lowest BCUT2D eigenvalue weighted by atomic mass is 10.3. The van der Waals surface area contributed by atoms with Crippen LogP contribution in [0.4, 0.5) is 19.0 Å². The zero-order chi connectivity index (χ0) is 14.8. The molecule has 0 aromatic carbocycles. The average Bonchev–Trinajstić information content (AvgIpc) is 2.85. The number of hydrogen-bond acceptors (Lipinski definition) is 5. The highest BCUT2D eigenvalue weighted by molar-refractivity contribution is 5.84. The molecule has 9 heteroatoms. The normalized spacial score (nSPS) is 11.3. The predicted molar refractivity (Wildman–Crippen MR) is 60.0 cm³/mol. The summed E-state index contributed by atoms with van der Waals surface area (Å²) in [6, 6.07) is 4.63. The lowest BCUT2D eigenvalue weighted by Crippen LogP contribution is -2.10. The van der Waals surface area contributed by atoms with Crippen LogP contribution in [0.25, 0.3) is 0 Å². The first-order chi connectivity index (χ1) is 9.36. The lowest BCUT2D eigenvalue weighted by Gasteiger charge is -2.06. The molecule has 106 valence electrons. The van der Waals surface area contributed by atoms with Crippen LogP contribution in [-0.4, -0.2) is 21.3 Å². The first kappa shape index (κ1) is 13.8. The average molecular weight is 287 g/mol. The van der Waals surface area contributed by atoms with Gasteiger partial charge in [0.1, 0.15) is 11.6 Å². The number of aromatic nitrogens is 2. The summed E-state index contributed by atoms with van der Waals surface area (Å²) >= 11 is 0. The highest BCUT2D eigenvalue weighted by Crippen LogP contribution is 2.27. The molecular weight excluding hydrogens is 279 g/mol. The number of alkyl halides is 3. The first-order valence-electron chi connectivity index (χ1n) is 5.33. The Kier molecular flexibility index (Phi) is 3.59. The number of anilines is 1. The molecule has 2 aromatic heterocycles. The molecule has 0 atom stereocenters. The molecule has 0 aliphatic heterocycles. The zero-order valence-corrected chi connectivity index (χ0v) is 9.81. The Labute approximate surface area is 110 Å². The minimum Gasteiger partial charge on any atom is -0.475 e. The summed E-state index contributed by atoms with van der Waals surface area (Å²) in [6.07, 6.45) is -4.54. The number of furan rings is 1. The maximum absolute atomic E-state index is 12.3. The lowest BCUT2D eigenvalue weighted by molar-refractivity contribution is -0.141. The van der Waals surface area contributed by atoms with Crippen molar-refractivity contribution in [2.24, 2.45) is 0 Å². The summed E-state index contributed by atoms with van der Waals surface area (Å²) in [5, 5.41) is 17.7. The minimum absolute atomic E-state index is 0.0767. The molecular formula is C11H8F3N3O3. The molecule has 0 spiro atoms. The van der Waals surface area contributed by atoms with Gasteiger partial charge < -0.3 is 14.8 Å². The fourth-order valence-electron chi connectivity index (χ4n) is 1.34. The number of halogens is 3. The summed E-state index contributed by atoms with van der Waals surface area (Å²) in [6.45, 7) is 0.0767. The van der Waals surface area contributed by atoms with Gasteiger partial charge in [0.25, 0.3) is 0 Å². The van der Waals surface area contributed by atoms with E-state index in [1.165, 1.54) is 12.1 Å². The van der Waals surface area contributed by atoms with Gasteiger partial charge in [0.05, 0.1) is 6.54 Å². The van der Waals surface area contributed by atoms with Crippen LogP contribution in [0.5, 0.6) is 0 Å². The number of hydrogen-bond donors (Lipinski definition) is 2. The molecule has 0 aliphatic carbocycles. The molecule has 0 radical (unpaired) electrons. The summed E-state index contributed by atoms with van der Waals surface area (Å²) in [7, 11) is 0. The van der Waals surface area contributed by atoms with Crippen molar-refractivity contribution in [2.45, 2.75) is 12.7 Å². The summed E-state index contributed by atoms with van der Waals surface area (Å²) < 4.78 is 41.7. The van der Waals surface area contributed by atoms with Gasteiger partial charge in [-0.3, -0.25) is 0 Å². The van der Waals surface area contributed by atoms with Gasteiger partial charge >= 0.3 is 12.1 Å². The number of carboxylic acid groups (broad SMARTS) is 1. The van der Waals surface area contributed by atoms with Crippen LogP contribution in [0.3, 0.4) is 0 Å². The van der Waals surface area contributed by atoms with Crippen molar-refractivity contribution in [3.05, 3.63) is 41.5 Å². The molecule has 0 saturated heterocycles. The Bertz CT molecular complexity index is 607. The second-order valence-electron chi connectivity index (χ2n) is 3.73. The maximum Gasteiger partial charge on any atom is 0.435 e. The van der Waals surface area contributed by atoms with E-state index in [1.807, 2.05) is 0 Å². The third-order valence-corrected chi connectivity index (χ3v) is 2.27. The van der Waals surface area contributed by atoms with Crippen LogP contribution in [0.1, 0.15) is 22.0 Å². The van der Waals surface area contributed by atoms with E-state index in [9.17, 15) is 18.0 Å². The molecule has 6 nitrogen and oxygen atoms in total. The highest BCUT2D eigenvalue weighted by Gasteiger charge is 2.32. The molecule has 2 N–H and O–H groups in total. The fourth-order valence-corrected chi connectivity index (χ4v) is 1.34. The van der Waals surface area contributed by atoms with Gasteiger partial charge in [-0.2, -0.15) is 13.2 Å². The van der Waals surface area contributed by atoms with Gasteiger partial charge in [0.2, 0.25) is 5.76 Å². The van der Waals surface area contributed by atoms with Crippen molar-refractivity contribution in [2.75, 3.05) is 5.32 Å². The summed E-state index contributed by atoms with van der Waals surface area (Å²) in [5.74, 6) is -0.999. The standard InChI is InChI=1S/C11H8F3N3O3/c12-11(13,14)8-3-4-9(17-16-8)15-5-6-1-2-7(20-6)10(18)19/h1-4H,5H2,(H,15,17)(H,18,19). The summed E-state index contributed by atoms with van der Waals surface area (Å²) in [5.41, 5.74) is -1.09. The van der Waals surface area contributed by atoms with Crippen molar-refractivity contribution in [1.82, 2.24) is 10.2 Å². The van der Waals surface area contributed by atoms with Crippen LogP contribution in [0, 0.1) is 0 Å². The fraction of sp³-hybridized carbons (Fsp3) is 0.182. The van der Waals surface area contributed by atoms with Crippen molar-refractivity contribution in [3.63, 3.8) is 0 Å². The van der Waals surface area contributed by atoms with Crippen LogP contribution in [0.15, 0.2) is 28.7 Å². The Morgan fingerprint density at radius 2 is 2.00 bits per heavy atom. The second kappa shape index (κ2) is 5.19. The second-order valence-corrected chi connectivity index (χ2v) is 3.73. The smallest absolute Gasteiger partial charge is 0.435 e. The SMILES string of the molecule is O=C(O)c1ccc(CNc2ccc(C(F)(F)F)nn2)o1. The number of aromatic carboxylic acids is 1. The monoisotopic (exact) mass is 287 g/mol. The molecule has 2 aromatic rings. The van der Waals surface area contributed by atoms with Gasteiger partial charge in [-0.25, -0.2) is 4.79 Å². The molecule has 0 bridgehead atoms. The third kappa shape index (κ3) is 3.25. The molecule has 2 heterocycles. The maximum atomic E-state index is 12.3. The van der Waals surface area contributed by atoms with Crippen molar-refractivity contribution >= 4 is 11.8 Å². The van der Waals surface area contributed by atoms with E-state index in [4.69, 9.17) is 9.52 Å². The van der Waals surface area contributed by atoms with Gasteiger partial charge in [-0.1, -0.05) is 0 Å². The predicted octanol–water partition coefficient (Wildman–Crippen LogP) is 2.40.